The topological polar surface area (TPSA) is 32.3 Å². The second-order valence-electron chi connectivity index (χ2n) is 3.61. The Hall–Kier alpha value is -1.77. The molecule has 0 saturated carbocycles. The molecule has 1 aromatic rings. The standard InChI is InChI=1S/C12H14N2O/c1-3-8-14-9(2)13-11-7-5-4-6-10(11)12(14)15/h3-7,9,13H,1,8H2,2H3/t9-/m1/s1. The van der Waals surface area contributed by atoms with Gasteiger partial charge < -0.3 is 10.2 Å². The molecule has 3 nitrogen and oxygen atoms in total. The average molecular weight is 202 g/mol. The molecule has 2 rings (SSSR count). The Labute approximate surface area is 89.4 Å². The zero-order valence-electron chi connectivity index (χ0n) is 8.73. The number of benzene rings is 1. The Morgan fingerprint density at radius 2 is 2.27 bits per heavy atom. The summed E-state index contributed by atoms with van der Waals surface area (Å²) in [6.45, 7) is 6.20. The third-order valence-corrected chi connectivity index (χ3v) is 2.58. The number of para-hydroxylation sites is 1. The van der Waals surface area contributed by atoms with Crippen LogP contribution >= 0.6 is 0 Å². The van der Waals surface area contributed by atoms with Crippen LogP contribution in [0, 0.1) is 0 Å². The average Bonchev–Trinajstić information content (AvgIpc) is 2.24. The van der Waals surface area contributed by atoms with Gasteiger partial charge in [-0.1, -0.05) is 18.2 Å². The van der Waals surface area contributed by atoms with Gasteiger partial charge in [0.15, 0.2) is 0 Å². The Bertz CT molecular complexity index is 400. The summed E-state index contributed by atoms with van der Waals surface area (Å²) in [5.74, 6) is 0.0664. The van der Waals surface area contributed by atoms with Gasteiger partial charge >= 0.3 is 0 Å². The summed E-state index contributed by atoms with van der Waals surface area (Å²) in [5, 5.41) is 3.28. The van der Waals surface area contributed by atoms with E-state index < -0.39 is 0 Å². The van der Waals surface area contributed by atoms with Crippen LogP contribution in [-0.2, 0) is 0 Å². The summed E-state index contributed by atoms with van der Waals surface area (Å²) in [6, 6.07) is 7.57. The van der Waals surface area contributed by atoms with Gasteiger partial charge in [0.1, 0.15) is 0 Å². The van der Waals surface area contributed by atoms with Crippen LogP contribution in [0.25, 0.3) is 0 Å². The smallest absolute Gasteiger partial charge is 0.257 e. The molecule has 15 heavy (non-hydrogen) atoms. The second-order valence-corrected chi connectivity index (χ2v) is 3.61. The summed E-state index contributed by atoms with van der Waals surface area (Å²) in [6.07, 6.45) is 1.76. The first-order chi connectivity index (χ1) is 7.24. The van der Waals surface area contributed by atoms with E-state index >= 15 is 0 Å². The third kappa shape index (κ3) is 1.61. The van der Waals surface area contributed by atoms with Crippen molar-refractivity contribution >= 4 is 11.6 Å². The Kier molecular flexibility index (Phi) is 2.46. The summed E-state index contributed by atoms with van der Waals surface area (Å²) >= 11 is 0. The number of nitrogens with one attached hydrogen (secondary N) is 1. The summed E-state index contributed by atoms with van der Waals surface area (Å²) in [7, 11) is 0. The lowest BCUT2D eigenvalue weighted by atomic mass is 10.1. The number of hydrogen-bond donors (Lipinski definition) is 1. The fraction of sp³-hybridized carbons (Fsp3) is 0.250. The van der Waals surface area contributed by atoms with Gasteiger partial charge in [0.2, 0.25) is 0 Å². The highest BCUT2D eigenvalue weighted by Crippen LogP contribution is 2.24. The van der Waals surface area contributed by atoms with E-state index in [9.17, 15) is 4.79 Å². The molecule has 0 fully saturated rings. The van der Waals surface area contributed by atoms with Crippen molar-refractivity contribution in [1.82, 2.24) is 4.90 Å². The molecule has 1 atom stereocenters. The first-order valence-corrected chi connectivity index (χ1v) is 5.01. The molecule has 3 heteroatoms. The van der Waals surface area contributed by atoms with Crippen molar-refractivity contribution in [3.05, 3.63) is 42.5 Å². The number of amides is 1. The molecule has 1 amide bonds. The maximum atomic E-state index is 12.1. The number of carbonyl (C=O) groups excluding carboxylic acids is 1. The minimum Gasteiger partial charge on any atom is -0.365 e. The lowest BCUT2D eigenvalue weighted by Gasteiger charge is -2.35. The van der Waals surface area contributed by atoms with E-state index in [0.717, 1.165) is 11.3 Å². The number of carbonyl (C=O) groups is 1. The van der Waals surface area contributed by atoms with Crippen LogP contribution in [0.1, 0.15) is 17.3 Å². The third-order valence-electron chi connectivity index (χ3n) is 2.58. The van der Waals surface area contributed by atoms with Gasteiger partial charge in [-0.05, 0) is 19.1 Å². The van der Waals surface area contributed by atoms with E-state index in [0.29, 0.717) is 6.54 Å². The van der Waals surface area contributed by atoms with Gasteiger partial charge in [-0.15, -0.1) is 6.58 Å². The molecule has 1 aliphatic heterocycles. The van der Waals surface area contributed by atoms with Gasteiger partial charge in [0, 0.05) is 12.2 Å². The molecule has 0 radical (unpaired) electrons. The van der Waals surface area contributed by atoms with Crippen LogP contribution in [-0.4, -0.2) is 23.5 Å². The number of anilines is 1. The summed E-state index contributed by atoms with van der Waals surface area (Å²) in [5.41, 5.74) is 1.65. The zero-order valence-corrected chi connectivity index (χ0v) is 8.73. The summed E-state index contributed by atoms with van der Waals surface area (Å²) < 4.78 is 0. The molecular weight excluding hydrogens is 188 g/mol. The van der Waals surface area contributed by atoms with Crippen LogP contribution in [0.2, 0.25) is 0 Å². The molecule has 0 aromatic heterocycles. The largest absolute Gasteiger partial charge is 0.365 e. The SMILES string of the molecule is C=CCN1C(=O)c2ccccc2N[C@H]1C. The maximum Gasteiger partial charge on any atom is 0.257 e. The minimum absolute atomic E-state index is 0.0189. The minimum atomic E-state index is 0.0189. The van der Waals surface area contributed by atoms with Gasteiger partial charge in [-0.2, -0.15) is 0 Å². The summed E-state index contributed by atoms with van der Waals surface area (Å²) in [4.78, 5) is 13.8. The van der Waals surface area contributed by atoms with E-state index in [1.54, 1.807) is 11.0 Å². The monoisotopic (exact) mass is 202 g/mol. The predicted octanol–water partition coefficient (Wildman–Crippen LogP) is 2.09. The van der Waals surface area contributed by atoms with Gasteiger partial charge in [-0.25, -0.2) is 0 Å². The van der Waals surface area contributed by atoms with Crippen LogP contribution in [0.15, 0.2) is 36.9 Å². The number of nitrogens with zero attached hydrogens (tertiary/aromatic N) is 1. The lowest BCUT2D eigenvalue weighted by Crippen LogP contribution is -2.46. The van der Waals surface area contributed by atoms with Crippen molar-refractivity contribution in [3.63, 3.8) is 0 Å². The highest BCUT2D eigenvalue weighted by atomic mass is 16.2. The molecule has 1 aromatic carbocycles. The fourth-order valence-electron chi connectivity index (χ4n) is 1.81. The first kappa shape index (κ1) is 9.77. The van der Waals surface area contributed by atoms with Crippen molar-refractivity contribution in [3.8, 4) is 0 Å². The Balaban J connectivity index is 2.38. The normalized spacial score (nSPS) is 19.4. The molecule has 0 unspecified atom stereocenters. The quantitative estimate of drug-likeness (QED) is 0.745. The number of hydrogen-bond acceptors (Lipinski definition) is 2. The molecule has 78 valence electrons. The highest BCUT2D eigenvalue weighted by molar-refractivity contribution is 6.01. The van der Waals surface area contributed by atoms with Crippen molar-refractivity contribution in [2.45, 2.75) is 13.1 Å². The highest BCUT2D eigenvalue weighted by Gasteiger charge is 2.27. The van der Waals surface area contributed by atoms with Crippen LogP contribution in [0.3, 0.4) is 0 Å². The van der Waals surface area contributed by atoms with Crippen LogP contribution in [0.4, 0.5) is 5.69 Å². The molecular formula is C12H14N2O. The van der Waals surface area contributed by atoms with Crippen molar-refractivity contribution in [2.75, 3.05) is 11.9 Å². The van der Waals surface area contributed by atoms with Crippen molar-refractivity contribution in [1.29, 1.82) is 0 Å². The molecule has 0 saturated heterocycles. The van der Waals surface area contributed by atoms with E-state index in [-0.39, 0.29) is 12.1 Å². The van der Waals surface area contributed by atoms with Gasteiger partial charge in [0.25, 0.3) is 5.91 Å². The lowest BCUT2D eigenvalue weighted by molar-refractivity contribution is 0.0721. The van der Waals surface area contributed by atoms with E-state index in [2.05, 4.69) is 11.9 Å². The maximum absolute atomic E-state index is 12.1. The second kappa shape index (κ2) is 3.77. The molecule has 1 heterocycles. The Morgan fingerprint density at radius 1 is 1.53 bits per heavy atom. The van der Waals surface area contributed by atoms with E-state index in [4.69, 9.17) is 0 Å². The zero-order chi connectivity index (χ0) is 10.8. The number of fused-ring (bicyclic) bond motifs is 1. The molecule has 1 aliphatic rings. The molecule has 0 bridgehead atoms. The van der Waals surface area contributed by atoms with E-state index in [1.165, 1.54) is 0 Å². The van der Waals surface area contributed by atoms with Crippen LogP contribution in [0.5, 0.6) is 0 Å². The number of rotatable bonds is 2. The van der Waals surface area contributed by atoms with E-state index in [1.807, 2.05) is 31.2 Å². The Morgan fingerprint density at radius 3 is 3.00 bits per heavy atom. The van der Waals surface area contributed by atoms with Gasteiger partial charge in [0.05, 0.1) is 11.7 Å². The van der Waals surface area contributed by atoms with Gasteiger partial charge in [-0.3, -0.25) is 4.79 Å². The first-order valence-electron chi connectivity index (χ1n) is 5.01. The molecule has 0 spiro atoms. The van der Waals surface area contributed by atoms with Crippen molar-refractivity contribution in [2.24, 2.45) is 0 Å². The fourth-order valence-corrected chi connectivity index (χ4v) is 1.81. The molecule has 0 aliphatic carbocycles. The predicted molar refractivity (Wildman–Crippen MR) is 60.8 cm³/mol. The molecule has 1 N–H and O–H groups in total. The van der Waals surface area contributed by atoms with Crippen LogP contribution < -0.4 is 5.32 Å². The van der Waals surface area contributed by atoms with Crippen molar-refractivity contribution < 1.29 is 4.79 Å².